The van der Waals surface area contributed by atoms with Crippen LogP contribution in [0.1, 0.15) is 11.1 Å². The fraction of sp³-hybridized carbons (Fsp3) is 0.333. The predicted octanol–water partition coefficient (Wildman–Crippen LogP) is 1.94. The van der Waals surface area contributed by atoms with E-state index in [4.69, 9.17) is 0 Å². The number of likely N-dealkylation sites (N-methyl/N-ethyl adjacent to an activating group) is 1. The summed E-state index contributed by atoms with van der Waals surface area (Å²) in [5, 5.41) is 1.00. The molecule has 1 aromatic rings. The quantitative estimate of drug-likeness (QED) is 0.549. The predicted molar refractivity (Wildman–Crippen MR) is 69.5 cm³/mol. The minimum atomic E-state index is 0.159. The smallest absolute Gasteiger partial charge is 0.231 e. The Morgan fingerprint density at radius 1 is 1.50 bits per heavy atom. The van der Waals surface area contributed by atoms with E-state index in [1.807, 2.05) is 25.4 Å². The van der Waals surface area contributed by atoms with Gasteiger partial charge in [-0.2, -0.15) is 0 Å². The van der Waals surface area contributed by atoms with E-state index in [9.17, 15) is 4.79 Å². The summed E-state index contributed by atoms with van der Waals surface area (Å²) in [6.45, 7) is 0. The van der Waals surface area contributed by atoms with Crippen LogP contribution in [0.2, 0.25) is 0 Å². The minimum absolute atomic E-state index is 0.159. The van der Waals surface area contributed by atoms with Gasteiger partial charge in [0, 0.05) is 25.3 Å². The van der Waals surface area contributed by atoms with Gasteiger partial charge in [0.1, 0.15) is 0 Å². The van der Waals surface area contributed by atoms with Crippen molar-refractivity contribution < 1.29 is 4.79 Å². The number of fused-ring (bicyclic) bond motifs is 1. The third-order valence-corrected chi connectivity index (χ3v) is 3.60. The van der Waals surface area contributed by atoms with Crippen molar-refractivity contribution in [1.29, 1.82) is 0 Å². The van der Waals surface area contributed by atoms with Gasteiger partial charge in [-0.05, 0) is 24.0 Å². The lowest BCUT2D eigenvalue weighted by atomic mass is 10.1. The van der Waals surface area contributed by atoms with Gasteiger partial charge >= 0.3 is 0 Å². The number of hydrogen-bond acceptors (Lipinski definition) is 3. The normalized spacial score (nSPS) is 15.6. The van der Waals surface area contributed by atoms with Crippen LogP contribution in [0.5, 0.6) is 0 Å². The van der Waals surface area contributed by atoms with Crippen molar-refractivity contribution in [2.45, 2.75) is 6.42 Å². The standard InChI is InChI=1S/C12H14N2OS/c1-13-12(16-3)8-4-5-10-9(6-8)7-11(15)14(10)2/h4-6H,7H2,1-3H3. The lowest BCUT2D eigenvalue weighted by Gasteiger charge is -2.10. The van der Waals surface area contributed by atoms with Crippen molar-refractivity contribution in [3.8, 4) is 0 Å². The first-order valence-corrected chi connectivity index (χ1v) is 6.30. The Labute approximate surface area is 99.6 Å². The molecule has 0 aliphatic carbocycles. The van der Waals surface area contributed by atoms with Crippen LogP contribution in [0.25, 0.3) is 0 Å². The summed E-state index contributed by atoms with van der Waals surface area (Å²) in [5.41, 5.74) is 3.21. The molecule has 0 saturated carbocycles. The Morgan fingerprint density at radius 3 is 2.88 bits per heavy atom. The second kappa shape index (κ2) is 4.29. The highest BCUT2D eigenvalue weighted by Gasteiger charge is 2.24. The Balaban J connectivity index is 2.43. The number of carbonyl (C=O) groups excluding carboxylic acids is 1. The van der Waals surface area contributed by atoms with Crippen LogP contribution in [0.3, 0.4) is 0 Å². The zero-order valence-electron chi connectivity index (χ0n) is 9.65. The van der Waals surface area contributed by atoms with Gasteiger partial charge < -0.3 is 4.90 Å². The molecule has 0 radical (unpaired) electrons. The summed E-state index contributed by atoms with van der Waals surface area (Å²) in [6, 6.07) is 6.08. The molecule has 0 aromatic heterocycles. The summed E-state index contributed by atoms with van der Waals surface area (Å²) in [5.74, 6) is 0.159. The Bertz CT molecular complexity index is 468. The molecule has 0 atom stereocenters. The van der Waals surface area contributed by atoms with E-state index in [0.29, 0.717) is 6.42 Å². The molecular formula is C12H14N2OS. The summed E-state index contributed by atoms with van der Waals surface area (Å²) in [6.07, 6.45) is 2.51. The van der Waals surface area contributed by atoms with E-state index in [2.05, 4.69) is 11.1 Å². The number of rotatable bonds is 1. The zero-order chi connectivity index (χ0) is 11.7. The van der Waals surface area contributed by atoms with Crippen molar-refractivity contribution in [2.75, 3.05) is 25.3 Å². The van der Waals surface area contributed by atoms with Gasteiger partial charge in [0.25, 0.3) is 0 Å². The molecular weight excluding hydrogens is 220 g/mol. The number of aliphatic imine (C=N–C) groups is 1. The third-order valence-electron chi connectivity index (χ3n) is 2.80. The Kier molecular flexibility index (Phi) is 3.01. The number of hydrogen-bond donors (Lipinski definition) is 0. The molecule has 16 heavy (non-hydrogen) atoms. The Hall–Kier alpha value is -1.29. The highest BCUT2D eigenvalue weighted by molar-refractivity contribution is 8.13. The lowest BCUT2D eigenvalue weighted by Crippen LogP contribution is -2.20. The van der Waals surface area contributed by atoms with Crippen LogP contribution in [0.4, 0.5) is 5.69 Å². The zero-order valence-corrected chi connectivity index (χ0v) is 10.5. The van der Waals surface area contributed by atoms with Crippen molar-refractivity contribution in [3.63, 3.8) is 0 Å². The van der Waals surface area contributed by atoms with Crippen LogP contribution in [-0.4, -0.2) is 31.3 Å². The van der Waals surface area contributed by atoms with Gasteiger partial charge in [-0.25, -0.2) is 0 Å². The topological polar surface area (TPSA) is 32.7 Å². The molecule has 1 aromatic carbocycles. The summed E-state index contributed by atoms with van der Waals surface area (Å²) < 4.78 is 0. The maximum absolute atomic E-state index is 11.5. The van der Waals surface area contributed by atoms with Crippen molar-refractivity contribution in [3.05, 3.63) is 29.3 Å². The van der Waals surface area contributed by atoms with Gasteiger partial charge in [0.05, 0.1) is 11.5 Å². The van der Waals surface area contributed by atoms with Gasteiger partial charge in [0.15, 0.2) is 0 Å². The molecule has 0 fully saturated rings. The van der Waals surface area contributed by atoms with Crippen LogP contribution < -0.4 is 4.90 Å². The van der Waals surface area contributed by atoms with Gasteiger partial charge in [-0.15, -0.1) is 11.8 Å². The first kappa shape index (κ1) is 11.2. The summed E-state index contributed by atoms with van der Waals surface area (Å²) in [4.78, 5) is 17.5. The molecule has 1 aliphatic rings. The molecule has 0 N–H and O–H groups in total. The number of amides is 1. The van der Waals surface area contributed by atoms with E-state index in [1.165, 1.54) is 0 Å². The number of thioether (sulfide) groups is 1. The number of carbonyl (C=O) groups is 1. The van der Waals surface area contributed by atoms with Gasteiger partial charge in [-0.1, -0.05) is 6.07 Å². The van der Waals surface area contributed by atoms with Crippen LogP contribution in [-0.2, 0) is 11.2 Å². The fourth-order valence-corrected chi connectivity index (χ4v) is 2.49. The van der Waals surface area contributed by atoms with Crippen molar-refractivity contribution in [1.82, 2.24) is 0 Å². The maximum Gasteiger partial charge on any atom is 0.231 e. The first-order chi connectivity index (χ1) is 7.67. The Morgan fingerprint density at radius 2 is 2.25 bits per heavy atom. The average Bonchev–Trinajstić information content (AvgIpc) is 2.56. The number of nitrogens with zero attached hydrogens (tertiary/aromatic N) is 2. The van der Waals surface area contributed by atoms with Crippen molar-refractivity contribution >= 4 is 28.4 Å². The summed E-state index contributed by atoms with van der Waals surface area (Å²) in [7, 11) is 3.60. The third kappa shape index (κ3) is 1.73. The molecule has 3 nitrogen and oxygen atoms in total. The van der Waals surface area contributed by atoms with Crippen LogP contribution in [0, 0.1) is 0 Å². The highest BCUT2D eigenvalue weighted by Crippen LogP contribution is 2.29. The van der Waals surface area contributed by atoms with Gasteiger partial charge in [-0.3, -0.25) is 9.79 Å². The molecule has 0 bridgehead atoms. The largest absolute Gasteiger partial charge is 0.315 e. The molecule has 0 spiro atoms. The number of anilines is 1. The van der Waals surface area contributed by atoms with E-state index >= 15 is 0 Å². The van der Waals surface area contributed by atoms with Crippen LogP contribution in [0.15, 0.2) is 23.2 Å². The maximum atomic E-state index is 11.5. The summed E-state index contributed by atoms with van der Waals surface area (Å²) >= 11 is 1.62. The van der Waals surface area contributed by atoms with E-state index in [1.54, 1.807) is 23.7 Å². The van der Waals surface area contributed by atoms with Crippen LogP contribution >= 0.6 is 11.8 Å². The fourth-order valence-electron chi connectivity index (χ4n) is 1.94. The molecule has 84 valence electrons. The molecule has 1 aliphatic heterocycles. The molecule has 0 saturated heterocycles. The second-order valence-electron chi connectivity index (χ2n) is 3.71. The minimum Gasteiger partial charge on any atom is -0.315 e. The molecule has 0 unspecified atom stereocenters. The first-order valence-electron chi connectivity index (χ1n) is 5.08. The molecule has 2 rings (SSSR count). The molecule has 1 heterocycles. The monoisotopic (exact) mass is 234 g/mol. The van der Waals surface area contributed by atoms with E-state index in [-0.39, 0.29) is 5.91 Å². The lowest BCUT2D eigenvalue weighted by molar-refractivity contribution is -0.117. The van der Waals surface area contributed by atoms with Crippen molar-refractivity contribution in [2.24, 2.45) is 4.99 Å². The number of benzene rings is 1. The average molecular weight is 234 g/mol. The van der Waals surface area contributed by atoms with E-state index in [0.717, 1.165) is 21.9 Å². The molecule has 4 heteroatoms. The SMILES string of the molecule is CN=C(SC)c1ccc2c(c1)CC(=O)N2C. The van der Waals surface area contributed by atoms with Gasteiger partial charge in [0.2, 0.25) is 5.91 Å². The molecule has 1 amide bonds. The highest BCUT2D eigenvalue weighted by atomic mass is 32.2. The van der Waals surface area contributed by atoms with E-state index < -0.39 is 0 Å². The second-order valence-corrected chi connectivity index (χ2v) is 4.50.